The maximum Gasteiger partial charge on any atom is 0.359 e. The van der Waals surface area contributed by atoms with Gasteiger partial charge in [-0.05, 0) is 24.6 Å². The van der Waals surface area contributed by atoms with Crippen molar-refractivity contribution in [3.05, 3.63) is 28.2 Å². The normalized spacial score (nSPS) is 22.4. The minimum Gasteiger partial charge on any atom is -0.462 e. The molecule has 86 valence electrons. The molecule has 0 aliphatic carbocycles. The van der Waals surface area contributed by atoms with Gasteiger partial charge in [-0.25, -0.2) is 4.79 Å². The summed E-state index contributed by atoms with van der Waals surface area (Å²) in [6, 6.07) is 5.53. The summed E-state index contributed by atoms with van der Waals surface area (Å²) in [4.78, 5) is 11.6. The molecule has 0 radical (unpaired) electrons. The molecule has 0 bridgehead atoms. The Balaban J connectivity index is 2.27. The topological polar surface area (TPSA) is 58.6 Å². The molecular formula is C11H12BrNO3. The summed E-state index contributed by atoms with van der Waals surface area (Å²) >= 11 is 3.38. The number of ether oxygens (including phenoxy) is 1. The third-order valence-electron chi connectivity index (χ3n) is 2.51. The fraction of sp³-hybridized carbons (Fsp3) is 0.364. The van der Waals surface area contributed by atoms with Crippen LogP contribution in [0.1, 0.15) is 12.5 Å². The lowest BCUT2D eigenvalue weighted by Gasteiger charge is -2.20. The minimum atomic E-state index is -1.64. The zero-order valence-electron chi connectivity index (χ0n) is 8.79. The summed E-state index contributed by atoms with van der Waals surface area (Å²) in [5, 5.41) is 12.9. The molecule has 1 aromatic rings. The van der Waals surface area contributed by atoms with E-state index in [9.17, 15) is 9.90 Å². The van der Waals surface area contributed by atoms with Gasteiger partial charge in [0, 0.05) is 16.6 Å². The Bertz CT molecular complexity index is 435. The van der Waals surface area contributed by atoms with E-state index in [2.05, 4.69) is 21.2 Å². The van der Waals surface area contributed by atoms with E-state index >= 15 is 0 Å². The van der Waals surface area contributed by atoms with Crippen molar-refractivity contribution in [3.63, 3.8) is 0 Å². The van der Waals surface area contributed by atoms with E-state index in [1.807, 2.05) is 18.2 Å². The molecule has 0 spiro atoms. The first-order chi connectivity index (χ1) is 7.57. The van der Waals surface area contributed by atoms with Crippen molar-refractivity contribution in [2.45, 2.75) is 19.1 Å². The van der Waals surface area contributed by atoms with Crippen molar-refractivity contribution in [3.8, 4) is 0 Å². The van der Waals surface area contributed by atoms with Gasteiger partial charge < -0.3 is 15.2 Å². The number of carbonyl (C=O) groups excluding carboxylic acids is 1. The molecule has 2 N–H and O–H groups in total. The van der Waals surface area contributed by atoms with Crippen LogP contribution in [0.25, 0.3) is 0 Å². The van der Waals surface area contributed by atoms with E-state index in [0.717, 1.165) is 15.7 Å². The van der Waals surface area contributed by atoms with Crippen molar-refractivity contribution in [1.82, 2.24) is 0 Å². The van der Waals surface area contributed by atoms with Crippen LogP contribution in [0.5, 0.6) is 0 Å². The van der Waals surface area contributed by atoms with Gasteiger partial charge in [-0.3, -0.25) is 0 Å². The molecule has 0 amide bonds. The molecule has 1 heterocycles. The number of nitrogens with one attached hydrogen (secondary N) is 1. The molecule has 2 rings (SSSR count). The third kappa shape index (κ3) is 1.81. The molecule has 1 aliphatic heterocycles. The smallest absolute Gasteiger partial charge is 0.359 e. The fourth-order valence-electron chi connectivity index (χ4n) is 1.75. The van der Waals surface area contributed by atoms with E-state index in [0.29, 0.717) is 0 Å². The lowest BCUT2D eigenvalue weighted by molar-refractivity contribution is -0.161. The van der Waals surface area contributed by atoms with E-state index < -0.39 is 11.7 Å². The molecule has 0 fully saturated rings. The van der Waals surface area contributed by atoms with Crippen LogP contribution in [0.3, 0.4) is 0 Å². The van der Waals surface area contributed by atoms with Gasteiger partial charge in [0.25, 0.3) is 0 Å². The average molecular weight is 286 g/mol. The first kappa shape index (κ1) is 11.4. The monoisotopic (exact) mass is 285 g/mol. The predicted octanol–water partition coefficient (Wildman–Crippen LogP) is 1.67. The van der Waals surface area contributed by atoms with Crippen LogP contribution < -0.4 is 5.32 Å². The first-order valence-electron chi connectivity index (χ1n) is 5.02. The van der Waals surface area contributed by atoms with Crippen molar-refractivity contribution in [2.24, 2.45) is 0 Å². The van der Waals surface area contributed by atoms with Gasteiger partial charge in [0.1, 0.15) is 0 Å². The molecule has 5 heteroatoms. The molecule has 1 aliphatic rings. The van der Waals surface area contributed by atoms with Crippen molar-refractivity contribution < 1.29 is 14.6 Å². The maximum absolute atomic E-state index is 11.6. The van der Waals surface area contributed by atoms with Crippen LogP contribution in [0.4, 0.5) is 5.69 Å². The Kier molecular flexibility index (Phi) is 2.90. The van der Waals surface area contributed by atoms with Gasteiger partial charge in [-0.1, -0.05) is 22.0 Å². The molecule has 4 nitrogen and oxygen atoms in total. The van der Waals surface area contributed by atoms with Crippen molar-refractivity contribution >= 4 is 27.6 Å². The summed E-state index contributed by atoms with van der Waals surface area (Å²) in [5.74, 6) is -0.641. The van der Waals surface area contributed by atoms with E-state index in [1.165, 1.54) is 0 Å². The number of hydrogen-bond acceptors (Lipinski definition) is 4. The minimum absolute atomic E-state index is 0.211. The van der Waals surface area contributed by atoms with Gasteiger partial charge >= 0.3 is 5.97 Å². The van der Waals surface area contributed by atoms with E-state index in [1.54, 1.807) is 6.92 Å². The highest BCUT2D eigenvalue weighted by atomic mass is 79.9. The van der Waals surface area contributed by atoms with Crippen LogP contribution in [0.2, 0.25) is 0 Å². The number of hydrogen-bond donors (Lipinski definition) is 2. The molecule has 1 aromatic carbocycles. The van der Waals surface area contributed by atoms with Gasteiger partial charge in [0.2, 0.25) is 5.72 Å². The second-order valence-corrected chi connectivity index (χ2v) is 4.50. The Morgan fingerprint density at radius 1 is 1.69 bits per heavy atom. The molecule has 0 saturated heterocycles. The highest BCUT2D eigenvalue weighted by Crippen LogP contribution is 2.36. The lowest BCUT2D eigenvalue weighted by Crippen LogP contribution is -2.46. The number of carbonyl (C=O) groups is 1. The van der Waals surface area contributed by atoms with Crippen LogP contribution in [0, 0.1) is 0 Å². The van der Waals surface area contributed by atoms with Crippen LogP contribution in [-0.4, -0.2) is 23.4 Å². The van der Waals surface area contributed by atoms with Crippen LogP contribution >= 0.6 is 15.9 Å². The van der Waals surface area contributed by atoms with Crippen LogP contribution in [0.15, 0.2) is 22.7 Å². The quantitative estimate of drug-likeness (QED) is 0.812. The fourth-order valence-corrected chi connectivity index (χ4v) is 2.26. The SMILES string of the molecule is CCOC(=O)C1(O)Cc2c(Br)cccc2N1. The summed E-state index contributed by atoms with van der Waals surface area (Å²) in [6.07, 6.45) is 0.211. The average Bonchev–Trinajstić information content (AvgIpc) is 2.58. The van der Waals surface area contributed by atoms with E-state index in [-0.39, 0.29) is 13.0 Å². The number of benzene rings is 1. The van der Waals surface area contributed by atoms with E-state index in [4.69, 9.17) is 4.74 Å². The molecule has 0 saturated carbocycles. The van der Waals surface area contributed by atoms with Gasteiger partial charge in [0.15, 0.2) is 0 Å². The number of anilines is 1. The number of esters is 1. The highest BCUT2D eigenvalue weighted by Gasteiger charge is 2.43. The molecule has 1 unspecified atom stereocenters. The summed E-state index contributed by atoms with van der Waals surface area (Å²) in [5.41, 5.74) is 0.00496. The molecule has 0 aromatic heterocycles. The highest BCUT2D eigenvalue weighted by molar-refractivity contribution is 9.10. The first-order valence-corrected chi connectivity index (χ1v) is 5.81. The van der Waals surface area contributed by atoms with Crippen molar-refractivity contribution in [1.29, 1.82) is 0 Å². The molecular weight excluding hydrogens is 274 g/mol. The zero-order chi connectivity index (χ0) is 11.8. The Labute approximate surface area is 102 Å². The number of aliphatic hydroxyl groups is 1. The number of rotatable bonds is 2. The van der Waals surface area contributed by atoms with Crippen molar-refractivity contribution in [2.75, 3.05) is 11.9 Å². The lowest BCUT2D eigenvalue weighted by atomic mass is 10.1. The summed E-state index contributed by atoms with van der Waals surface area (Å²) in [7, 11) is 0. The molecule has 16 heavy (non-hydrogen) atoms. The maximum atomic E-state index is 11.6. The Hall–Kier alpha value is -1.07. The standard InChI is InChI=1S/C11H12BrNO3/c1-2-16-10(14)11(15)6-7-8(12)4-3-5-9(7)13-11/h3-5,13,15H,2,6H2,1H3. The summed E-state index contributed by atoms with van der Waals surface area (Å²) in [6.45, 7) is 1.96. The number of halogens is 1. The molecule has 1 atom stereocenters. The van der Waals surface area contributed by atoms with Gasteiger partial charge in [-0.15, -0.1) is 0 Å². The Morgan fingerprint density at radius 2 is 2.44 bits per heavy atom. The largest absolute Gasteiger partial charge is 0.462 e. The zero-order valence-corrected chi connectivity index (χ0v) is 10.4. The van der Waals surface area contributed by atoms with Gasteiger partial charge in [-0.2, -0.15) is 0 Å². The predicted molar refractivity (Wildman–Crippen MR) is 63.1 cm³/mol. The second-order valence-electron chi connectivity index (χ2n) is 3.65. The second kappa shape index (κ2) is 4.07. The van der Waals surface area contributed by atoms with Crippen LogP contribution in [-0.2, 0) is 16.0 Å². The van der Waals surface area contributed by atoms with Gasteiger partial charge in [0.05, 0.1) is 6.61 Å². The third-order valence-corrected chi connectivity index (χ3v) is 3.25. The Morgan fingerprint density at radius 3 is 3.06 bits per heavy atom. The number of fused-ring (bicyclic) bond motifs is 1. The summed E-state index contributed by atoms with van der Waals surface area (Å²) < 4.78 is 5.71.